The Bertz CT molecular complexity index is 683. The van der Waals surface area contributed by atoms with Crippen molar-refractivity contribution in [3.05, 3.63) is 36.5 Å². The third kappa shape index (κ3) is 2.93. The minimum Gasteiger partial charge on any atom is -0.292 e. The summed E-state index contributed by atoms with van der Waals surface area (Å²) in [5.41, 5.74) is 4.01. The molecule has 0 radical (unpaired) electrons. The molecule has 4 heteroatoms. The molecule has 2 aromatic rings. The van der Waals surface area contributed by atoms with Crippen molar-refractivity contribution in [1.29, 1.82) is 0 Å². The number of carbonyl (C=O) groups excluding carboxylic acids is 1. The Morgan fingerprint density at radius 1 is 1.38 bits per heavy atom. The Morgan fingerprint density at radius 2 is 2.24 bits per heavy atom. The van der Waals surface area contributed by atoms with E-state index >= 15 is 0 Å². The first-order valence-corrected chi connectivity index (χ1v) is 7.30. The summed E-state index contributed by atoms with van der Waals surface area (Å²) in [6.45, 7) is 2.35. The maximum atomic E-state index is 12.4. The topological polar surface area (TPSA) is 37.3 Å². The second-order valence-electron chi connectivity index (χ2n) is 5.50. The minimum atomic E-state index is 0.00765. The van der Waals surface area contributed by atoms with Gasteiger partial charge < -0.3 is 0 Å². The van der Waals surface area contributed by atoms with Crippen molar-refractivity contribution in [2.45, 2.75) is 12.8 Å². The molecular weight excluding hydrogens is 262 g/mol. The zero-order chi connectivity index (χ0) is 14.7. The van der Waals surface area contributed by atoms with Crippen LogP contribution in [0.15, 0.2) is 36.5 Å². The van der Waals surface area contributed by atoms with E-state index in [0.29, 0.717) is 6.54 Å². The SMILES string of the molecule is C#CCN1CCCC(C(=O)Nn2ccc3ccccc32)C1. The van der Waals surface area contributed by atoms with E-state index in [9.17, 15) is 4.79 Å². The van der Waals surface area contributed by atoms with Gasteiger partial charge in [0, 0.05) is 18.1 Å². The van der Waals surface area contributed by atoms with Gasteiger partial charge in [-0.1, -0.05) is 24.1 Å². The van der Waals surface area contributed by atoms with Gasteiger partial charge in [-0.15, -0.1) is 6.42 Å². The van der Waals surface area contributed by atoms with Crippen LogP contribution in [0.4, 0.5) is 0 Å². The average Bonchev–Trinajstić information content (AvgIpc) is 2.91. The molecule has 1 fully saturated rings. The van der Waals surface area contributed by atoms with Crippen molar-refractivity contribution in [3.63, 3.8) is 0 Å². The number of hydrogen-bond acceptors (Lipinski definition) is 2. The number of nitrogens with one attached hydrogen (secondary N) is 1. The van der Waals surface area contributed by atoms with Crippen LogP contribution in [-0.4, -0.2) is 35.1 Å². The molecule has 1 aliphatic heterocycles. The molecule has 1 aromatic heterocycles. The third-order valence-corrected chi connectivity index (χ3v) is 4.02. The van der Waals surface area contributed by atoms with Crippen LogP contribution in [0.5, 0.6) is 0 Å². The number of terminal acetylenes is 1. The fourth-order valence-electron chi connectivity index (χ4n) is 2.93. The molecule has 3 rings (SSSR count). The molecule has 1 N–H and O–H groups in total. The molecule has 1 unspecified atom stereocenters. The van der Waals surface area contributed by atoms with E-state index in [4.69, 9.17) is 6.42 Å². The fourth-order valence-corrected chi connectivity index (χ4v) is 2.93. The number of likely N-dealkylation sites (tertiary alicyclic amines) is 1. The molecule has 0 aliphatic carbocycles. The predicted octanol–water partition coefficient (Wildman–Crippen LogP) is 2.06. The Kier molecular flexibility index (Phi) is 3.94. The number of fused-ring (bicyclic) bond motifs is 1. The summed E-state index contributed by atoms with van der Waals surface area (Å²) in [5, 5.41) is 1.12. The molecule has 1 aliphatic rings. The number of amides is 1. The molecule has 2 heterocycles. The molecule has 0 bridgehead atoms. The predicted molar refractivity (Wildman–Crippen MR) is 84.3 cm³/mol. The highest BCUT2D eigenvalue weighted by Crippen LogP contribution is 2.18. The van der Waals surface area contributed by atoms with E-state index < -0.39 is 0 Å². The quantitative estimate of drug-likeness (QED) is 0.874. The Balaban J connectivity index is 1.70. The van der Waals surface area contributed by atoms with Crippen LogP contribution in [0.3, 0.4) is 0 Å². The number of hydrogen-bond donors (Lipinski definition) is 1. The minimum absolute atomic E-state index is 0.00765. The highest BCUT2D eigenvalue weighted by atomic mass is 16.2. The lowest BCUT2D eigenvalue weighted by molar-refractivity contribution is -0.122. The van der Waals surface area contributed by atoms with Gasteiger partial charge in [-0.2, -0.15) is 0 Å². The van der Waals surface area contributed by atoms with Gasteiger partial charge in [0.25, 0.3) is 0 Å². The first kappa shape index (κ1) is 13.7. The molecule has 1 aromatic carbocycles. The van der Waals surface area contributed by atoms with Gasteiger partial charge in [0.05, 0.1) is 18.0 Å². The molecule has 4 nitrogen and oxygen atoms in total. The summed E-state index contributed by atoms with van der Waals surface area (Å²) in [7, 11) is 0. The molecule has 0 saturated carbocycles. The van der Waals surface area contributed by atoms with E-state index in [0.717, 1.165) is 36.8 Å². The van der Waals surface area contributed by atoms with Gasteiger partial charge >= 0.3 is 0 Å². The molecule has 21 heavy (non-hydrogen) atoms. The lowest BCUT2D eigenvalue weighted by Crippen LogP contribution is -2.42. The maximum absolute atomic E-state index is 12.4. The Hall–Kier alpha value is -2.25. The summed E-state index contributed by atoms with van der Waals surface area (Å²) >= 11 is 0. The largest absolute Gasteiger partial charge is 0.292 e. The van der Waals surface area contributed by atoms with Crippen molar-refractivity contribution < 1.29 is 4.79 Å². The maximum Gasteiger partial charge on any atom is 0.243 e. The van der Waals surface area contributed by atoms with Crippen molar-refractivity contribution in [3.8, 4) is 12.3 Å². The standard InChI is InChI=1S/C17H19N3O/c1-2-10-19-11-5-7-15(13-19)17(21)18-20-12-9-14-6-3-4-8-16(14)20/h1,3-4,6,8-9,12,15H,5,7,10-11,13H2,(H,18,21). The van der Waals surface area contributed by atoms with Gasteiger partial charge in [-0.05, 0) is 31.5 Å². The molecular formula is C17H19N3O. The zero-order valence-electron chi connectivity index (χ0n) is 12.0. The van der Waals surface area contributed by atoms with E-state index in [1.165, 1.54) is 0 Å². The number of aromatic nitrogens is 1. The van der Waals surface area contributed by atoms with Crippen LogP contribution < -0.4 is 5.43 Å². The van der Waals surface area contributed by atoms with Gasteiger partial charge in [0.15, 0.2) is 0 Å². The zero-order valence-corrected chi connectivity index (χ0v) is 12.0. The summed E-state index contributed by atoms with van der Waals surface area (Å²) in [4.78, 5) is 14.6. The highest BCUT2D eigenvalue weighted by Gasteiger charge is 2.25. The van der Waals surface area contributed by atoms with E-state index in [2.05, 4.69) is 16.2 Å². The number of piperidine rings is 1. The van der Waals surface area contributed by atoms with Crippen molar-refractivity contribution in [2.24, 2.45) is 5.92 Å². The summed E-state index contributed by atoms with van der Waals surface area (Å²) in [6.07, 6.45) is 9.19. The van der Waals surface area contributed by atoms with Crippen LogP contribution in [0.25, 0.3) is 10.9 Å². The Morgan fingerprint density at radius 3 is 3.10 bits per heavy atom. The number of benzene rings is 1. The van der Waals surface area contributed by atoms with Crippen molar-refractivity contribution in [1.82, 2.24) is 9.58 Å². The van der Waals surface area contributed by atoms with Gasteiger partial charge in [0.1, 0.15) is 0 Å². The van der Waals surface area contributed by atoms with Crippen molar-refractivity contribution >= 4 is 16.8 Å². The molecule has 0 spiro atoms. The normalized spacial score (nSPS) is 19.3. The monoisotopic (exact) mass is 281 g/mol. The molecule has 1 amide bonds. The number of carbonyl (C=O) groups is 1. The van der Waals surface area contributed by atoms with Gasteiger partial charge in [-0.3, -0.25) is 19.8 Å². The molecule has 1 atom stereocenters. The summed E-state index contributed by atoms with van der Waals surface area (Å²) < 4.78 is 1.80. The first-order valence-electron chi connectivity index (χ1n) is 7.30. The summed E-state index contributed by atoms with van der Waals surface area (Å²) in [5.74, 6) is 2.73. The van der Waals surface area contributed by atoms with Crippen LogP contribution in [0, 0.1) is 18.3 Å². The van der Waals surface area contributed by atoms with Crippen molar-refractivity contribution in [2.75, 3.05) is 25.1 Å². The van der Waals surface area contributed by atoms with Crippen LogP contribution in [-0.2, 0) is 4.79 Å². The third-order valence-electron chi connectivity index (χ3n) is 4.02. The second-order valence-corrected chi connectivity index (χ2v) is 5.50. The smallest absolute Gasteiger partial charge is 0.243 e. The molecule has 108 valence electrons. The van der Waals surface area contributed by atoms with E-state index in [1.807, 2.05) is 36.5 Å². The number of rotatable bonds is 3. The van der Waals surface area contributed by atoms with Crippen LogP contribution >= 0.6 is 0 Å². The van der Waals surface area contributed by atoms with Gasteiger partial charge in [-0.25, -0.2) is 0 Å². The molecule has 1 saturated heterocycles. The summed E-state index contributed by atoms with van der Waals surface area (Å²) in [6, 6.07) is 10.0. The van der Waals surface area contributed by atoms with Gasteiger partial charge in [0.2, 0.25) is 5.91 Å². The Labute approximate surface area is 124 Å². The first-order chi connectivity index (χ1) is 10.3. The van der Waals surface area contributed by atoms with Crippen LogP contribution in [0.2, 0.25) is 0 Å². The number of nitrogens with zero attached hydrogens (tertiary/aromatic N) is 2. The van der Waals surface area contributed by atoms with E-state index in [1.54, 1.807) is 4.68 Å². The lowest BCUT2D eigenvalue weighted by Gasteiger charge is -2.30. The van der Waals surface area contributed by atoms with E-state index in [-0.39, 0.29) is 11.8 Å². The average molecular weight is 281 g/mol. The lowest BCUT2D eigenvalue weighted by atomic mass is 9.97. The van der Waals surface area contributed by atoms with Crippen LogP contribution in [0.1, 0.15) is 12.8 Å². The second kappa shape index (κ2) is 6.02. The highest BCUT2D eigenvalue weighted by molar-refractivity contribution is 5.89. The fraction of sp³-hybridized carbons (Fsp3) is 0.353. The number of para-hydroxylation sites is 1.